The van der Waals surface area contributed by atoms with Gasteiger partial charge in [-0.1, -0.05) is 30.3 Å². The number of hydrogen-bond acceptors (Lipinski definition) is 6. The van der Waals surface area contributed by atoms with Gasteiger partial charge < -0.3 is 4.74 Å². The van der Waals surface area contributed by atoms with Crippen molar-refractivity contribution < 1.29 is 9.53 Å². The van der Waals surface area contributed by atoms with E-state index in [0.717, 1.165) is 5.56 Å². The predicted molar refractivity (Wildman–Crippen MR) is 123 cm³/mol. The Bertz CT molecular complexity index is 1110. The summed E-state index contributed by atoms with van der Waals surface area (Å²) in [5.41, 5.74) is 2.74. The molecule has 0 unspecified atom stereocenters. The number of carbonyl (C=O) groups is 1. The van der Waals surface area contributed by atoms with Crippen LogP contribution < -0.4 is 4.74 Å². The summed E-state index contributed by atoms with van der Waals surface area (Å²) in [5.74, 6) is -0.0697. The Labute approximate surface area is 184 Å². The first-order valence-electron chi connectivity index (χ1n) is 9.01. The minimum absolute atomic E-state index is 0.263. The van der Waals surface area contributed by atoms with Gasteiger partial charge in [-0.25, -0.2) is 0 Å². The van der Waals surface area contributed by atoms with Crippen molar-refractivity contribution in [3.05, 3.63) is 71.5 Å². The van der Waals surface area contributed by atoms with Crippen molar-refractivity contribution in [2.75, 3.05) is 12.5 Å². The molecule has 0 radical (unpaired) electrons. The van der Waals surface area contributed by atoms with E-state index in [9.17, 15) is 10.1 Å². The zero-order valence-electron chi connectivity index (χ0n) is 16.8. The van der Waals surface area contributed by atoms with Crippen LogP contribution in [0.15, 0.2) is 59.9 Å². The van der Waals surface area contributed by atoms with E-state index >= 15 is 0 Å². The number of thioether (sulfide) groups is 2. The molecule has 0 saturated heterocycles. The quantitative estimate of drug-likeness (QED) is 0.424. The lowest BCUT2D eigenvalue weighted by molar-refractivity contribution is 0.1000. The lowest BCUT2D eigenvalue weighted by Crippen LogP contribution is -2.07. The zero-order valence-corrected chi connectivity index (χ0v) is 18.5. The molecule has 6 nitrogen and oxygen atoms in total. The van der Waals surface area contributed by atoms with E-state index in [1.165, 1.54) is 23.5 Å². The maximum atomic E-state index is 13.2. The minimum atomic E-state index is -0.451. The molecule has 2 aromatic carbocycles. The Balaban J connectivity index is 2.15. The smallest absolute Gasteiger partial charge is 0.283 e. The van der Waals surface area contributed by atoms with Crippen LogP contribution >= 0.6 is 23.5 Å². The fourth-order valence-corrected chi connectivity index (χ4v) is 3.92. The summed E-state index contributed by atoms with van der Waals surface area (Å²) < 4.78 is 8.28. The van der Waals surface area contributed by atoms with Gasteiger partial charge in [-0.05, 0) is 30.2 Å². The molecule has 1 aromatic heterocycles. The van der Waals surface area contributed by atoms with Gasteiger partial charge in [0.15, 0.2) is 0 Å². The van der Waals surface area contributed by atoms with Gasteiger partial charge in [0.2, 0.25) is 0 Å². The summed E-state index contributed by atoms with van der Waals surface area (Å²) in [5, 5.41) is 13.9. The number of amides is 1. The van der Waals surface area contributed by atoms with Crippen molar-refractivity contribution in [1.29, 1.82) is 5.26 Å². The number of nitrogens with zero attached hydrogens (tertiary/aromatic N) is 4. The number of ether oxygens (including phenoxy) is 1. The highest BCUT2D eigenvalue weighted by atomic mass is 32.2. The number of aryl methyl sites for hydroxylation is 1. The van der Waals surface area contributed by atoms with Crippen LogP contribution in [-0.2, 0) is 13.7 Å². The van der Waals surface area contributed by atoms with Crippen LogP contribution in [-0.4, -0.2) is 32.6 Å². The van der Waals surface area contributed by atoms with Crippen LogP contribution in [0.4, 0.5) is 0 Å². The molecular weight excluding hydrogens is 416 g/mol. The lowest BCUT2D eigenvalue weighted by atomic mass is 9.95. The SMILES string of the molecule is CSC(=NC(=O)c1c(OCc2ccccc2)ccc(C#N)c1-c1cnn(C)c1)SC. The highest BCUT2D eigenvalue weighted by molar-refractivity contribution is 8.38. The molecule has 0 N–H and O–H groups in total. The number of carbonyl (C=O) groups excluding carboxylic acids is 1. The molecule has 3 rings (SSSR count). The molecule has 1 heterocycles. The third-order valence-corrected chi connectivity index (χ3v) is 6.16. The van der Waals surface area contributed by atoms with Crippen molar-refractivity contribution in [2.24, 2.45) is 12.0 Å². The highest BCUT2D eigenvalue weighted by Gasteiger charge is 2.23. The monoisotopic (exact) mass is 436 g/mol. The maximum absolute atomic E-state index is 13.2. The summed E-state index contributed by atoms with van der Waals surface area (Å²) in [6.45, 7) is 0.293. The molecule has 0 saturated carbocycles. The standard InChI is InChI=1S/C22H20N4O2S2/c1-26-13-17(12-24-26)19-16(11-23)9-10-18(28-14-15-7-5-4-6-8-15)20(19)21(27)25-22(29-2)30-3/h4-10,12-13H,14H2,1-3H3. The molecule has 8 heteroatoms. The van der Waals surface area contributed by atoms with Crippen LogP contribution in [0.25, 0.3) is 11.1 Å². The topological polar surface area (TPSA) is 80.3 Å². The molecule has 0 bridgehead atoms. The van der Waals surface area contributed by atoms with Gasteiger partial charge >= 0.3 is 0 Å². The third kappa shape index (κ3) is 4.93. The summed E-state index contributed by atoms with van der Waals surface area (Å²) in [6, 6.07) is 15.2. The third-order valence-electron chi connectivity index (χ3n) is 4.27. The van der Waals surface area contributed by atoms with E-state index in [2.05, 4.69) is 16.2 Å². The number of rotatable bonds is 5. The van der Waals surface area contributed by atoms with Crippen LogP contribution in [0.3, 0.4) is 0 Å². The largest absolute Gasteiger partial charge is 0.488 e. The lowest BCUT2D eigenvalue weighted by Gasteiger charge is -2.15. The Morgan fingerprint density at radius 2 is 1.93 bits per heavy atom. The number of nitriles is 1. The molecule has 0 atom stereocenters. The van der Waals surface area contributed by atoms with E-state index in [0.29, 0.717) is 33.4 Å². The van der Waals surface area contributed by atoms with Gasteiger partial charge in [0.05, 0.1) is 23.4 Å². The molecule has 0 aliphatic heterocycles. The Morgan fingerprint density at radius 1 is 1.20 bits per heavy atom. The zero-order chi connectivity index (χ0) is 21.5. The van der Waals surface area contributed by atoms with E-state index in [4.69, 9.17) is 4.74 Å². The van der Waals surface area contributed by atoms with E-state index in [-0.39, 0.29) is 5.56 Å². The van der Waals surface area contributed by atoms with Gasteiger partial charge in [-0.3, -0.25) is 9.48 Å². The Hall–Kier alpha value is -3.02. The van der Waals surface area contributed by atoms with Gasteiger partial charge in [0.25, 0.3) is 5.91 Å². The first-order chi connectivity index (χ1) is 14.6. The normalized spacial score (nSPS) is 10.3. The number of aliphatic imine (C=N–C) groups is 1. The summed E-state index contributed by atoms with van der Waals surface area (Å²) >= 11 is 2.79. The highest BCUT2D eigenvalue weighted by Crippen LogP contribution is 2.35. The van der Waals surface area contributed by atoms with Crippen LogP contribution in [0.1, 0.15) is 21.5 Å². The van der Waals surface area contributed by atoms with Gasteiger partial charge in [-0.15, -0.1) is 23.5 Å². The van der Waals surface area contributed by atoms with Crippen molar-refractivity contribution >= 4 is 33.8 Å². The van der Waals surface area contributed by atoms with Crippen LogP contribution in [0.5, 0.6) is 5.75 Å². The van der Waals surface area contributed by atoms with Crippen LogP contribution in [0.2, 0.25) is 0 Å². The van der Waals surface area contributed by atoms with Crippen molar-refractivity contribution in [1.82, 2.24) is 9.78 Å². The van der Waals surface area contributed by atoms with Crippen molar-refractivity contribution in [3.63, 3.8) is 0 Å². The number of benzene rings is 2. The fraction of sp³-hybridized carbons (Fsp3) is 0.182. The van der Waals surface area contributed by atoms with Gasteiger partial charge in [-0.2, -0.15) is 15.4 Å². The molecular formula is C22H20N4O2S2. The number of aromatic nitrogens is 2. The first kappa shape index (κ1) is 21.7. The van der Waals surface area contributed by atoms with Crippen molar-refractivity contribution in [2.45, 2.75) is 6.61 Å². The summed E-state index contributed by atoms with van der Waals surface area (Å²) in [6.07, 6.45) is 7.12. The van der Waals surface area contributed by atoms with E-state index in [1.54, 1.807) is 36.3 Å². The second-order valence-corrected chi connectivity index (χ2v) is 8.09. The molecule has 152 valence electrons. The average Bonchev–Trinajstić information content (AvgIpc) is 3.21. The molecule has 0 fully saturated rings. The fourth-order valence-electron chi connectivity index (χ4n) is 2.91. The van der Waals surface area contributed by atoms with E-state index in [1.807, 2.05) is 42.8 Å². The first-order valence-corrected chi connectivity index (χ1v) is 11.5. The van der Waals surface area contributed by atoms with Gasteiger partial charge in [0, 0.05) is 24.4 Å². The van der Waals surface area contributed by atoms with Crippen molar-refractivity contribution in [3.8, 4) is 22.9 Å². The summed E-state index contributed by atoms with van der Waals surface area (Å²) in [7, 11) is 1.78. The second kappa shape index (κ2) is 10.1. The summed E-state index contributed by atoms with van der Waals surface area (Å²) in [4.78, 5) is 17.5. The molecule has 0 spiro atoms. The predicted octanol–water partition coefficient (Wildman–Crippen LogP) is 4.76. The number of hydrogen-bond donors (Lipinski definition) is 0. The molecule has 1 amide bonds. The molecule has 0 aliphatic carbocycles. The molecule has 3 aromatic rings. The van der Waals surface area contributed by atoms with Crippen LogP contribution in [0, 0.1) is 11.3 Å². The second-order valence-electron chi connectivity index (χ2n) is 6.24. The van der Waals surface area contributed by atoms with Gasteiger partial charge in [0.1, 0.15) is 16.7 Å². The average molecular weight is 437 g/mol. The Morgan fingerprint density at radius 3 is 2.53 bits per heavy atom. The minimum Gasteiger partial charge on any atom is -0.488 e. The molecule has 30 heavy (non-hydrogen) atoms. The Kier molecular flexibility index (Phi) is 7.33. The molecule has 0 aliphatic rings. The maximum Gasteiger partial charge on any atom is 0.283 e. The van der Waals surface area contributed by atoms with E-state index < -0.39 is 5.91 Å².